The summed E-state index contributed by atoms with van der Waals surface area (Å²) in [6.45, 7) is 0. The number of aromatic carboxylic acids is 1. The molecule has 122 valence electrons. The van der Waals surface area contributed by atoms with Gasteiger partial charge in [-0.1, -0.05) is 23.7 Å². The summed E-state index contributed by atoms with van der Waals surface area (Å²) in [7, 11) is 3.90. The van der Waals surface area contributed by atoms with Gasteiger partial charge in [0, 0.05) is 25.3 Å². The molecule has 1 aromatic carbocycles. The molecular formula is C16H14ClN5O2. The maximum atomic E-state index is 11.3. The fourth-order valence-corrected chi connectivity index (χ4v) is 2.32. The van der Waals surface area contributed by atoms with Crippen molar-refractivity contribution in [3.63, 3.8) is 0 Å². The molecular weight excluding hydrogens is 330 g/mol. The Morgan fingerprint density at radius 1 is 1.12 bits per heavy atom. The van der Waals surface area contributed by atoms with Crippen LogP contribution in [0.1, 0.15) is 10.5 Å². The Hall–Kier alpha value is -2.93. The van der Waals surface area contributed by atoms with Gasteiger partial charge in [0.2, 0.25) is 0 Å². The van der Waals surface area contributed by atoms with Gasteiger partial charge in [0.15, 0.2) is 16.7 Å². The molecule has 2 heterocycles. The number of benzene rings is 1. The molecule has 0 saturated carbocycles. The van der Waals surface area contributed by atoms with Crippen molar-refractivity contribution in [1.29, 1.82) is 0 Å². The van der Waals surface area contributed by atoms with Crippen LogP contribution in [0.15, 0.2) is 42.5 Å². The van der Waals surface area contributed by atoms with E-state index in [4.69, 9.17) is 11.6 Å². The van der Waals surface area contributed by atoms with Gasteiger partial charge in [-0.3, -0.25) is 0 Å². The number of hydrogen-bond acceptors (Lipinski definition) is 5. The normalized spacial score (nSPS) is 10.6. The fourth-order valence-electron chi connectivity index (χ4n) is 2.22. The number of nitrogens with zero attached hydrogens (tertiary/aromatic N) is 5. The summed E-state index contributed by atoms with van der Waals surface area (Å²) in [6, 6.07) is 12.4. The molecule has 8 heteroatoms. The van der Waals surface area contributed by atoms with Crippen LogP contribution in [0.2, 0.25) is 5.15 Å². The molecule has 0 radical (unpaired) electrons. The second kappa shape index (κ2) is 6.29. The van der Waals surface area contributed by atoms with E-state index in [9.17, 15) is 9.90 Å². The maximum absolute atomic E-state index is 11.3. The third-order valence-corrected chi connectivity index (χ3v) is 3.64. The Morgan fingerprint density at radius 3 is 2.38 bits per heavy atom. The van der Waals surface area contributed by atoms with Crippen LogP contribution >= 0.6 is 11.6 Å². The molecule has 0 fully saturated rings. The maximum Gasteiger partial charge on any atom is 0.356 e. The third-order valence-electron chi connectivity index (χ3n) is 3.44. The summed E-state index contributed by atoms with van der Waals surface area (Å²) < 4.78 is 1.44. The van der Waals surface area contributed by atoms with E-state index in [-0.39, 0.29) is 10.8 Å². The molecule has 7 nitrogen and oxygen atoms in total. The second-order valence-corrected chi connectivity index (χ2v) is 5.67. The van der Waals surface area contributed by atoms with Crippen molar-refractivity contribution < 1.29 is 9.90 Å². The predicted molar refractivity (Wildman–Crippen MR) is 90.9 cm³/mol. The van der Waals surface area contributed by atoms with Crippen LogP contribution in [0, 0.1) is 0 Å². The van der Waals surface area contributed by atoms with Crippen LogP contribution in [-0.4, -0.2) is 45.1 Å². The van der Waals surface area contributed by atoms with Gasteiger partial charge in [-0.2, -0.15) is 5.10 Å². The Kier molecular flexibility index (Phi) is 4.18. The number of halogens is 1. The quantitative estimate of drug-likeness (QED) is 0.784. The zero-order valence-corrected chi connectivity index (χ0v) is 13.8. The average molecular weight is 344 g/mol. The van der Waals surface area contributed by atoms with Crippen molar-refractivity contribution in [3.8, 4) is 17.1 Å². The monoisotopic (exact) mass is 343 g/mol. The molecule has 0 saturated heterocycles. The van der Waals surface area contributed by atoms with Crippen LogP contribution < -0.4 is 4.90 Å². The van der Waals surface area contributed by atoms with E-state index in [0.717, 1.165) is 11.3 Å². The molecule has 1 N–H and O–H groups in total. The van der Waals surface area contributed by atoms with Crippen molar-refractivity contribution >= 4 is 23.3 Å². The number of rotatable bonds is 4. The number of aromatic nitrogens is 4. The minimum Gasteiger partial charge on any atom is -0.476 e. The molecule has 0 aliphatic heterocycles. The third kappa shape index (κ3) is 3.07. The number of carboxylic acid groups (broad SMARTS) is 1. The van der Waals surface area contributed by atoms with Gasteiger partial charge in [0.25, 0.3) is 0 Å². The van der Waals surface area contributed by atoms with E-state index in [1.807, 2.05) is 43.3 Å². The highest BCUT2D eigenvalue weighted by molar-refractivity contribution is 6.29. The van der Waals surface area contributed by atoms with Crippen LogP contribution in [0.3, 0.4) is 0 Å². The molecule has 0 bridgehead atoms. The first-order chi connectivity index (χ1) is 11.5. The highest BCUT2D eigenvalue weighted by atomic mass is 35.5. The lowest BCUT2D eigenvalue weighted by molar-refractivity contribution is 0.0690. The van der Waals surface area contributed by atoms with Crippen LogP contribution in [0.4, 0.5) is 5.69 Å². The Morgan fingerprint density at radius 2 is 1.83 bits per heavy atom. The topological polar surface area (TPSA) is 84.1 Å². The van der Waals surface area contributed by atoms with Gasteiger partial charge in [0.1, 0.15) is 0 Å². The first kappa shape index (κ1) is 15.9. The zero-order valence-electron chi connectivity index (χ0n) is 13.0. The number of carbonyl (C=O) groups is 1. The molecule has 3 rings (SSSR count). The SMILES string of the molecule is CN(C)c1ccc(-c2cc(C(=O)O)nn2-c2ccc(Cl)nn2)cc1. The number of anilines is 1. The van der Waals surface area contributed by atoms with E-state index < -0.39 is 5.97 Å². The van der Waals surface area contributed by atoms with Gasteiger partial charge in [-0.15, -0.1) is 10.2 Å². The zero-order chi connectivity index (χ0) is 17.3. The molecule has 0 unspecified atom stereocenters. The minimum absolute atomic E-state index is 0.0709. The van der Waals surface area contributed by atoms with E-state index >= 15 is 0 Å². The van der Waals surface area contributed by atoms with Crippen molar-refractivity contribution in [2.45, 2.75) is 0 Å². The molecule has 2 aromatic heterocycles. The van der Waals surface area contributed by atoms with Gasteiger partial charge in [-0.05, 0) is 30.3 Å². The van der Waals surface area contributed by atoms with Gasteiger partial charge < -0.3 is 10.0 Å². The smallest absolute Gasteiger partial charge is 0.356 e. The number of carboxylic acids is 1. The largest absolute Gasteiger partial charge is 0.476 e. The molecule has 3 aromatic rings. The Labute approximate surface area is 143 Å². The summed E-state index contributed by atoms with van der Waals surface area (Å²) >= 11 is 5.76. The first-order valence-electron chi connectivity index (χ1n) is 7.06. The Balaban J connectivity index is 2.12. The highest BCUT2D eigenvalue weighted by Crippen LogP contribution is 2.25. The summed E-state index contributed by atoms with van der Waals surface area (Å²) in [6.07, 6.45) is 0. The predicted octanol–water partition coefficient (Wildman–Crippen LogP) is 2.75. The summed E-state index contributed by atoms with van der Waals surface area (Å²) in [4.78, 5) is 13.3. The summed E-state index contributed by atoms with van der Waals surface area (Å²) in [5, 5.41) is 21.3. The highest BCUT2D eigenvalue weighted by Gasteiger charge is 2.17. The van der Waals surface area contributed by atoms with E-state index in [2.05, 4.69) is 15.3 Å². The van der Waals surface area contributed by atoms with Gasteiger partial charge >= 0.3 is 5.97 Å². The van der Waals surface area contributed by atoms with Crippen molar-refractivity contribution in [1.82, 2.24) is 20.0 Å². The van der Waals surface area contributed by atoms with E-state index in [1.165, 1.54) is 10.7 Å². The molecule has 0 aliphatic rings. The fraction of sp³-hybridized carbons (Fsp3) is 0.125. The minimum atomic E-state index is -1.11. The van der Waals surface area contributed by atoms with Gasteiger partial charge in [-0.25, -0.2) is 9.48 Å². The lowest BCUT2D eigenvalue weighted by Gasteiger charge is -2.13. The molecule has 0 spiro atoms. The summed E-state index contributed by atoms with van der Waals surface area (Å²) in [5.41, 5.74) is 2.39. The number of hydrogen-bond donors (Lipinski definition) is 1. The molecule has 0 aliphatic carbocycles. The van der Waals surface area contributed by atoms with E-state index in [1.54, 1.807) is 12.1 Å². The van der Waals surface area contributed by atoms with E-state index in [0.29, 0.717) is 11.5 Å². The van der Waals surface area contributed by atoms with Crippen molar-refractivity contribution in [2.75, 3.05) is 19.0 Å². The Bertz CT molecular complexity index is 872. The lowest BCUT2D eigenvalue weighted by atomic mass is 10.1. The molecule has 0 atom stereocenters. The van der Waals surface area contributed by atoms with Crippen LogP contribution in [0.25, 0.3) is 17.1 Å². The lowest BCUT2D eigenvalue weighted by Crippen LogP contribution is -2.08. The summed E-state index contributed by atoms with van der Waals surface area (Å²) in [5.74, 6) is -0.722. The van der Waals surface area contributed by atoms with Crippen molar-refractivity contribution in [3.05, 3.63) is 53.3 Å². The van der Waals surface area contributed by atoms with Gasteiger partial charge in [0.05, 0.1) is 5.69 Å². The molecule has 0 amide bonds. The van der Waals surface area contributed by atoms with Crippen LogP contribution in [-0.2, 0) is 0 Å². The standard InChI is InChI=1S/C16H14ClN5O2/c1-21(2)11-5-3-10(4-6-11)13-9-12(16(23)24)20-22(13)15-8-7-14(17)18-19-15/h3-9H,1-2H3,(H,23,24). The van der Waals surface area contributed by atoms with Crippen molar-refractivity contribution in [2.24, 2.45) is 0 Å². The average Bonchev–Trinajstić information content (AvgIpc) is 3.01. The first-order valence-corrected chi connectivity index (χ1v) is 7.44. The second-order valence-electron chi connectivity index (χ2n) is 5.29. The van der Waals surface area contributed by atoms with Crippen LogP contribution in [0.5, 0.6) is 0 Å². The molecule has 24 heavy (non-hydrogen) atoms.